The van der Waals surface area contributed by atoms with Crippen molar-refractivity contribution in [2.24, 2.45) is 5.92 Å². The van der Waals surface area contributed by atoms with Crippen molar-refractivity contribution in [3.05, 3.63) is 94.4 Å². The molecule has 2 fully saturated rings. The fourth-order valence-electron chi connectivity index (χ4n) is 7.73. The predicted octanol–water partition coefficient (Wildman–Crippen LogP) is 7.14. The summed E-state index contributed by atoms with van der Waals surface area (Å²) in [7, 11) is 0. The molecule has 3 N–H and O–H groups in total. The Morgan fingerprint density at radius 1 is 0.945 bits per heavy atom. The van der Waals surface area contributed by atoms with Gasteiger partial charge in [0.1, 0.15) is 17.1 Å². The maximum Gasteiger partial charge on any atom is 0.307 e. The predicted molar refractivity (Wildman–Crippen MR) is 202 cm³/mol. The molecule has 2 saturated heterocycles. The number of carbonyl (C=O) groups is 1. The average molecular weight is 745 g/mol. The number of carboxylic acids is 1. The lowest BCUT2D eigenvalue weighted by Crippen LogP contribution is -2.22. The first-order valence-corrected chi connectivity index (χ1v) is 18.2. The van der Waals surface area contributed by atoms with E-state index in [4.69, 9.17) is 9.40 Å². The smallest absolute Gasteiger partial charge is 0.307 e. The normalized spacial score (nSPS) is 17.8. The molecular formula is C41H38F2N8O4. The summed E-state index contributed by atoms with van der Waals surface area (Å²) in [6.45, 7) is 7.35. The number of aliphatic carboxylic acids is 1. The number of nitrogens with one attached hydrogen (secondary N) is 1. The molecule has 0 amide bonds. The van der Waals surface area contributed by atoms with Crippen molar-refractivity contribution >= 4 is 39.6 Å². The number of β-amino-alcohol motifs (C(OH)–C–C–N with tert-alkyl or cyclic N) is 1. The molecule has 5 heterocycles. The fraction of sp³-hybridized carbons (Fsp3) is 0.317. The number of carboxylic acid groups (broad SMARTS) is 1. The summed E-state index contributed by atoms with van der Waals surface area (Å²) in [5.41, 5.74) is 8.53. The molecule has 2 aliphatic heterocycles. The minimum Gasteiger partial charge on any atom is -0.481 e. The lowest BCUT2D eigenvalue weighted by molar-refractivity contribution is -0.141. The molecule has 14 heteroatoms. The third-order valence-electron chi connectivity index (χ3n) is 10.6. The van der Waals surface area contributed by atoms with Crippen molar-refractivity contribution in [1.29, 1.82) is 5.26 Å². The molecule has 6 aromatic rings. The Balaban J connectivity index is 1.10. The standard InChI is InChI=1S/C41H38F2N8O4/c1-22-29(5-3-7-31(22)40-48-34-14-24(13-27(16-44)36(34)55-40)18-50-11-9-26(20-50)41(53)54)30-6-4-8-32(23(30)2)46-38-35-33(47-39(49-38)37(42)43)15-25(17-45-35)19-51-12-10-28(52)21-51/h3-8,13-15,17,26,28,37,52H,9-12,18-21H2,1-2H3,(H,53,54)(H,46,47,49). The van der Waals surface area contributed by atoms with Gasteiger partial charge in [-0.05, 0) is 96.9 Å². The average Bonchev–Trinajstić information content (AvgIpc) is 3.92. The largest absolute Gasteiger partial charge is 0.481 e. The summed E-state index contributed by atoms with van der Waals surface area (Å²) in [4.78, 5) is 33.4. The number of benzene rings is 3. The van der Waals surface area contributed by atoms with E-state index in [1.807, 2.05) is 56.3 Å². The summed E-state index contributed by atoms with van der Waals surface area (Å²) >= 11 is 0. The van der Waals surface area contributed by atoms with E-state index in [0.29, 0.717) is 84.8 Å². The Bertz CT molecular complexity index is 2500. The number of hydrogen-bond acceptors (Lipinski definition) is 11. The van der Waals surface area contributed by atoms with E-state index in [2.05, 4.69) is 36.1 Å². The molecule has 12 nitrogen and oxygen atoms in total. The number of oxazole rings is 1. The second-order valence-electron chi connectivity index (χ2n) is 14.4. The van der Waals surface area contributed by atoms with Crippen molar-refractivity contribution in [2.45, 2.75) is 52.3 Å². The molecule has 2 unspecified atom stereocenters. The quantitative estimate of drug-likeness (QED) is 0.130. The van der Waals surface area contributed by atoms with Gasteiger partial charge in [-0.3, -0.25) is 19.6 Å². The Labute approximate surface area is 315 Å². The third-order valence-corrected chi connectivity index (χ3v) is 10.6. The zero-order valence-electron chi connectivity index (χ0n) is 30.3. The van der Waals surface area contributed by atoms with Gasteiger partial charge in [-0.25, -0.2) is 23.7 Å². The Morgan fingerprint density at radius 2 is 1.65 bits per heavy atom. The zero-order valence-corrected chi connectivity index (χ0v) is 30.3. The van der Waals surface area contributed by atoms with Gasteiger partial charge in [0.25, 0.3) is 6.43 Å². The van der Waals surface area contributed by atoms with Gasteiger partial charge in [0.05, 0.1) is 23.1 Å². The highest BCUT2D eigenvalue weighted by Crippen LogP contribution is 2.38. The van der Waals surface area contributed by atoms with Crippen LogP contribution in [0.1, 0.15) is 52.9 Å². The van der Waals surface area contributed by atoms with Gasteiger partial charge >= 0.3 is 5.97 Å². The van der Waals surface area contributed by atoms with Crippen molar-refractivity contribution in [1.82, 2.24) is 29.7 Å². The summed E-state index contributed by atoms with van der Waals surface area (Å²) in [5, 5.41) is 32.6. The van der Waals surface area contributed by atoms with E-state index < -0.39 is 24.1 Å². The van der Waals surface area contributed by atoms with Crippen molar-refractivity contribution in [3.63, 3.8) is 0 Å². The van der Waals surface area contributed by atoms with Crippen LogP contribution in [0.2, 0.25) is 0 Å². The highest BCUT2D eigenvalue weighted by Gasteiger charge is 2.28. The molecule has 0 aliphatic carbocycles. The van der Waals surface area contributed by atoms with Crippen LogP contribution in [0.5, 0.6) is 0 Å². The summed E-state index contributed by atoms with van der Waals surface area (Å²) in [6, 6.07) is 19.2. The van der Waals surface area contributed by atoms with Crippen LogP contribution in [-0.2, 0) is 17.9 Å². The number of aromatic nitrogens is 4. The maximum absolute atomic E-state index is 14.1. The van der Waals surface area contributed by atoms with Crippen molar-refractivity contribution in [3.8, 4) is 28.7 Å². The van der Waals surface area contributed by atoms with Gasteiger partial charge in [0, 0.05) is 50.2 Å². The van der Waals surface area contributed by atoms with Gasteiger partial charge in [0.2, 0.25) is 5.89 Å². The highest BCUT2D eigenvalue weighted by molar-refractivity contribution is 5.90. The number of nitrogens with zero attached hydrogens (tertiary/aromatic N) is 7. The molecule has 280 valence electrons. The molecule has 2 aliphatic rings. The molecule has 0 spiro atoms. The van der Waals surface area contributed by atoms with E-state index in [1.165, 1.54) is 0 Å². The first-order chi connectivity index (χ1) is 26.5. The van der Waals surface area contributed by atoms with E-state index in [0.717, 1.165) is 45.5 Å². The molecule has 8 rings (SSSR count). The number of rotatable bonds is 10. The highest BCUT2D eigenvalue weighted by atomic mass is 19.3. The van der Waals surface area contributed by atoms with Crippen LogP contribution < -0.4 is 5.32 Å². The first kappa shape index (κ1) is 36.1. The number of alkyl halides is 2. The van der Waals surface area contributed by atoms with Gasteiger partial charge in [-0.1, -0.05) is 24.3 Å². The molecule has 3 aromatic carbocycles. The second kappa shape index (κ2) is 14.7. The van der Waals surface area contributed by atoms with E-state index in [1.54, 1.807) is 18.3 Å². The zero-order chi connectivity index (χ0) is 38.4. The number of hydrogen-bond donors (Lipinski definition) is 3. The van der Waals surface area contributed by atoms with Crippen LogP contribution >= 0.6 is 0 Å². The second-order valence-corrected chi connectivity index (χ2v) is 14.4. The van der Waals surface area contributed by atoms with Crippen LogP contribution in [0.25, 0.3) is 44.7 Å². The van der Waals surface area contributed by atoms with E-state index in [9.17, 15) is 29.1 Å². The van der Waals surface area contributed by atoms with Gasteiger partial charge in [0.15, 0.2) is 17.2 Å². The van der Waals surface area contributed by atoms with Crippen molar-refractivity contribution in [2.75, 3.05) is 31.5 Å². The van der Waals surface area contributed by atoms with Gasteiger partial charge in [-0.15, -0.1) is 0 Å². The third kappa shape index (κ3) is 7.21. The summed E-state index contributed by atoms with van der Waals surface area (Å²) < 4.78 is 34.4. The number of likely N-dealkylation sites (tertiary alicyclic amines) is 2. The lowest BCUT2D eigenvalue weighted by Gasteiger charge is -2.17. The molecule has 2 atom stereocenters. The monoisotopic (exact) mass is 744 g/mol. The number of pyridine rings is 1. The number of aliphatic hydroxyl groups excluding tert-OH is 1. The number of fused-ring (bicyclic) bond motifs is 2. The van der Waals surface area contributed by atoms with Crippen LogP contribution in [-0.4, -0.2) is 78.2 Å². The summed E-state index contributed by atoms with van der Waals surface area (Å²) in [6.07, 6.45) is -0.293. The molecule has 0 radical (unpaired) electrons. The molecule has 3 aromatic heterocycles. The number of halogens is 2. The lowest BCUT2D eigenvalue weighted by atomic mass is 9.93. The fourth-order valence-corrected chi connectivity index (χ4v) is 7.73. The Kier molecular flexibility index (Phi) is 9.68. The first-order valence-electron chi connectivity index (χ1n) is 18.2. The van der Waals surface area contributed by atoms with E-state index >= 15 is 0 Å². The summed E-state index contributed by atoms with van der Waals surface area (Å²) in [5.74, 6) is -1.26. The number of nitriles is 1. The van der Waals surface area contributed by atoms with Crippen LogP contribution in [0.3, 0.4) is 0 Å². The van der Waals surface area contributed by atoms with Crippen LogP contribution in [0.15, 0.2) is 65.2 Å². The van der Waals surface area contributed by atoms with Crippen LogP contribution in [0.4, 0.5) is 20.3 Å². The molecule has 0 bridgehead atoms. The van der Waals surface area contributed by atoms with Gasteiger partial charge in [-0.2, -0.15) is 5.26 Å². The minimum absolute atomic E-state index is 0.166. The Morgan fingerprint density at radius 3 is 2.38 bits per heavy atom. The molecule has 0 saturated carbocycles. The maximum atomic E-state index is 14.1. The van der Waals surface area contributed by atoms with Crippen molar-refractivity contribution < 1.29 is 28.2 Å². The van der Waals surface area contributed by atoms with Crippen LogP contribution in [0, 0.1) is 31.1 Å². The number of aliphatic hydroxyl groups is 1. The molecule has 55 heavy (non-hydrogen) atoms. The van der Waals surface area contributed by atoms with Gasteiger partial charge < -0.3 is 19.9 Å². The SMILES string of the molecule is Cc1c(Nc2nc(C(F)F)nc3cc(CN4CCC(O)C4)cnc23)cccc1-c1cccc(-c2nc3cc(CN4CCC(C(=O)O)C4)cc(C#N)c3o2)c1C. The van der Waals surface area contributed by atoms with E-state index in [-0.39, 0.29) is 11.9 Å². The number of anilines is 2. The molecular weight excluding hydrogens is 706 g/mol. The Hall–Kier alpha value is -5.88. The minimum atomic E-state index is -2.89. The topological polar surface area (TPSA) is 165 Å².